The summed E-state index contributed by atoms with van der Waals surface area (Å²) in [6.07, 6.45) is 0.0653. The van der Waals surface area contributed by atoms with Crippen molar-refractivity contribution in [1.82, 2.24) is 10.2 Å². The van der Waals surface area contributed by atoms with Crippen molar-refractivity contribution in [3.63, 3.8) is 0 Å². The standard InChI is InChI=1S/C13H18FN3O3/c1-16-5-6-20-11(9-16)8-15-7-10-3-2-4-12(13(10)14)17(18)19/h2-4,11,15H,5-9H2,1H3. The van der Waals surface area contributed by atoms with Gasteiger partial charge in [0.05, 0.1) is 17.6 Å². The SMILES string of the molecule is CN1CCOC(CNCc2cccc([N+](=O)[O-])c2F)C1. The molecule has 0 amide bonds. The van der Waals surface area contributed by atoms with Crippen LogP contribution in [-0.2, 0) is 11.3 Å². The molecule has 20 heavy (non-hydrogen) atoms. The Morgan fingerprint density at radius 1 is 1.60 bits per heavy atom. The zero-order valence-electron chi connectivity index (χ0n) is 11.3. The van der Waals surface area contributed by atoms with Crippen molar-refractivity contribution in [3.8, 4) is 0 Å². The number of rotatable bonds is 5. The van der Waals surface area contributed by atoms with Crippen LogP contribution < -0.4 is 5.32 Å². The highest BCUT2D eigenvalue weighted by atomic mass is 19.1. The number of nitro benzene ring substituents is 1. The number of likely N-dealkylation sites (N-methyl/N-ethyl adjacent to an activating group) is 1. The maximum atomic E-state index is 13.8. The predicted octanol–water partition coefficient (Wildman–Crippen LogP) is 1.15. The van der Waals surface area contributed by atoms with E-state index in [-0.39, 0.29) is 12.6 Å². The molecule has 7 heteroatoms. The topological polar surface area (TPSA) is 67.6 Å². The van der Waals surface area contributed by atoms with Crippen LogP contribution >= 0.6 is 0 Å². The van der Waals surface area contributed by atoms with Crippen LogP contribution in [0.3, 0.4) is 0 Å². The number of ether oxygens (including phenoxy) is 1. The van der Waals surface area contributed by atoms with Crippen LogP contribution in [0, 0.1) is 15.9 Å². The third-order valence-corrected chi connectivity index (χ3v) is 3.28. The number of hydrogen-bond donors (Lipinski definition) is 1. The lowest BCUT2D eigenvalue weighted by molar-refractivity contribution is -0.387. The molecule has 2 rings (SSSR count). The summed E-state index contributed by atoms with van der Waals surface area (Å²) >= 11 is 0. The maximum Gasteiger partial charge on any atom is 0.305 e. The molecule has 1 atom stereocenters. The van der Waals surface area contributed by atoms with Crippen LogP contribution in [0.1, 0.15) is 5.56 Å². The second kappa shape index (κ2) is 6.74. The summed E-state index contributed by atoms with van der Waals surface area (Å²) in [7, 11) is 2.02. The minimum Gasteiger partial charge on any atom is -0.374 e. The third-order valence-electron chi connectivity index (χ3n) is 3.28. The second-order valence-electron chi connectivity index (χ2n) is 4.89. The summed E-state index contributed by atoms with van der Waals surface area (Å²) < 4.78 is 19.4. The van der Waals surface area contributed by atoms with Crippen LogP contribution in [0.4, 0.5) is 10.1 Å². The molecular formula is C13H18FN3O3. The number of halogens is 1. The molecule has 0 saturated carbocycles. The number of nitrogens with zero attached hydrogens (tertiary/aromatic N) is 2. The van der Waals surface area contributed by atoms with Gasteiger partial charge in [-0.05, 0) is 7.05 Å². The lowest BCUT2D eigenvalue weighted by Gasteiger charge is -2.30. The largest absolute Gasteiger partial charge is 0.374 e. The van der Waals surface area contributed by atoms with E-state index in [1.54, 1.807) is 6.07 Å². The average Bonchev–Trinajstić information content (AvgIpc) is 2.40. The Kier molecular flexibility index (Phi) is 4.99. The normalized spacial score (nSPS) is 20.0. The van der Waals surface area contributed by atoms with Gasteiger partial charge < -0.3 is 15.0 Å². The van der Waals surface area contributed by atoms with Gasteiger partial charge in [-0.2, -0.15) is 4.39 Å². The van der Waals surface area contributed by atoms with Crippen molar-refractivity contribution in [1.29, 1.82) is 0 Å². The first-order valence-electron chi connectivity index (χ1n) is 6.50. The van der Waals surface area contributed by atoms with Gasteiger partial charge in [0.2, 0.25) is 5.82 Å². The van der Waals surface area contributed by atoms with E-state index in [0.29, 0.717) is 18.7 Å². The summed E-state index contributed by atoms with van der Waals surface area (Å²) in [5.41, 5.74) is -0.193. The van der Waals surface area contributed by atoms with Gasteiger partial charge in [0.15, 0.2) is 0 Å². The Balaban J connectivity index is 1.88. The molecule has 1 aliphatic rings. The van der Waals surface area contributed by atoms with Gasteiger partial charge in [0.25, 0.3) is 0 Å². The molecule has 110 valence electrons. The third kappa shape index (κ3) is 3.72. The van der Waals surface area contributed by atoms with E-state index in [4.69, 9.17) is 4.74 Å². The Hall–Kier alpha value is -1.57. The Labute approximate surface area is 116 Å². The quantitative estimate of drug-likeness (QED) is 0.648. The molecule has 1 N–H and O–H groups in total. The van der Waals surface area contributed by atoms with E-state index >= 15 is 0 Å². The van der Waals surface area contributed by atoms with Crippen molar-refractivity contribution >= 4 is 5.69 Å². The van der Waals surface area contributed by atoms with Gasteiger partial charge in [-0.25, -0.2) is 0 Å². The highest BCUT2D eigenvalue weighted by molar-refractivity contribution is 5.36. The van der Waals surface area contributed by atoms with Crippen molar-refractivity contribution in [2.24, 2.45) is 0 Å². The minimum atomic E-state index is -0.772. The number of morpholine rings is 1. The van der Waals surface area contributed by atoms with Crippen molar-refractivity contribution in [2.75, 3.05) is 33.3 Å². The fourth-order valence-corrected chi connectivity index (χ4v) is 2.20. The Bertz CT molecular complexity index is 484. The van der Waals surface area contributed by atoms with Gasteiger partial charge in [0, 0.05) is 37.8 Å². The fraction of sp³-hybridized carbons (Fsp3) is 0.538. The smallest absolute Gasteiger partial charge is 0.305 e. The Morgan fingerprint density at radius 2 is 2.40 bits per heavy atom. The summed E-state index contributed by atoms with van der Waals surface area (Å²) in [6, 6.07) is 4.20. The van der Waals surface area contributed by atoms with E-state index in [9.17, 15) is 14.5 Å². The van der Waals surface area contributed by atoms with Crippen molar-refractivity contribution < 1.29 is 14.1 Å². The van der Waals surface area contributed by atoms with Gasteiger partial charge >= 0.3 is 5.69 Å². The van der Waals surface area contributed by atoms with Crippen molar-refractivity contribution in [3.05, 3.63) is 39.7 Å². The molecule has 6 nitrogen and oxygen atoms in total. The molecule has 1 aromatic carbocycles. The molecular weight excluding hydrogens is 265 g/mol. The molecule has 1 fully saturated rings. The lowest BCUT2D eigenvalue weighted by Crippen LogP contribution is -2.44. The molecule has 0 radical (unpaired) electrons. The van der Waals surface area contributed by atoms with E-state index in [0.717, 1.165) is 19.2 Å². The average molecular weight is 283 g/mol. The van der Waals surface area contributed by atoms with Gasteiger partial charge in [-0.1, -0.05) is 12.1 Å². The highest BCUT2D eigenvalue weighted by Crippen LogP contribution is 2.19. The van der Waals surface area contributed by atoms with Crippen LogP contribution in [0.25, 0.3) is 0 Å². The van der Waals surface area contributed by atoms with E-state index in [2.05, 4.69) is 10.2 Å². The van der Waals surface area contributed by atoms with E-state index < -0.39 is 16.4 Å². The van der Waals surface area contributed by atoms with Crippen LogP contribution in [0.15, 0.2) is 18.2 Å². The summed E-state index contributed by atoms with van der Waals surface area (Å²) in [6.45, 7) is 3.26. The summed E-state index contributed by atoms with van der Waals surface area (Å²) in [5, 5.41) is 13.7. The van der Waals surface area contributed by atoms with Gasteiger partial charge in [-0.15, -0.1) is 0 Å². The van der Waals surface area contributed by atoms with Crippen LogP contribution in [0.5, 0.6) is 0 Å². The monoisotopic (exact) mass is 283 g/mol. The fourth-order valence-electron chi connectivity index (χ4n) is 2.20. The van der Waals surface area contributed by atoms with Gasteiger partial charge in [-0.3, -0.25) is 10.1 Å². The van der Waals surface area contributed by atoms with Gasteiger partial charge in [0.1, 0.15) is 0 Å². The molecule has 1 aromatic rings. The highest BCUT2D eigenvalue weighted by Gasteiger charge is 2.19. The first kappa shape index (κ1) is 14.8. The van der Waals surface area contributed by atoms with E-state index in [1.165, 1.54) is 6.07 Å². The lowest BCUT2D eigenvalue weighted by atomic mass is 10.2. The zero-order valence-corrected chi connectivity index (χ0v) is 11.3. The molecule has 0 bridgehead atoms. The molecule has 1 saturated heterocycles. The minimum absolute atomic E-state index is 0.0653. The molecule has 0 aromatic heterocycles. The number of nitro groups is 1. The number of hydrogen-bond acceptors (Lipinski definition) is 5. The summed E-state index contributed by atoms with van der Waals surface area (Å²) in [4.78, 5) is 12.1. The molecule has 0 spiro atoms. The van der Waals surface area contributed by atoms with Crippen LogP contribution in [0.2, 0.25) is 0 Å². The number of benzene rings is 1. The maximum absolute atomic E-state index is 13.8. The summed E-state index contributed by atoms with van der Waals surface area (Å²) in [5.74, 6) is -0.772. The van der Waals surface area contributed by atoms with Crippen molar-refractivity contribution in [2.45, 2.75) is 12.6 Å². The van der Waals surface area contributed by atoms with Crippen LogP contribution in [-0.4, -0.2) is 49.2 Å². The first-order chi connectivity index (χ1) is 9.58. The predicted molar refractivity (Wildman–Crippen MR) is 72.0 cm³/mol. The Morgan fingerprint density at radius 3 is 3.10 bits per heavy atom. The second-order valence-corrected chi connectivity index (χ2v) is 4.89. The molecule has 1 unspecified atom stereocenters. The molecule has 0 aliphatic carbocycles. The molecule has 1 aliphatic heterocycles. The molecule has 1 heterocycles. The zero-order chi connectivity index (χ0) is 14.5. The first-order valence-corrected chi connectivity index (χ1v) is 6.50. The number of nitrogens with one attached hydrogen (secondary N) is 1. The van der Waals surface area contributed by atoms with E-state index in [1.807, 2.05) is 7.05 Å².